The molecule has 0 aliphatic carbocycles. The summed E-state index contributed by atoms with van der Waals surface area (Å²) in [6, 6.07) is 12.5. The van der Waals surface area contributed by atoms with E-state index in [0.29, 0.717) is 53.9 Å². The number of halogens is 1. The molecule has 2 aromatic rings. The number of likely N-dealkylation sites (tertiary alicyclic amines) is 1. The van der Waals surface area contributed by atoms with Crippen molar-refractivity contribution in [1.29, 1.82) is 0 Å². The lowest BCUT2D eigenvalue weighted by Gasteiger charge is -2.42. The molecule has 1 saturated heterocycles. The summed E-state index contributed by atoms with van der Waals surface area (Å²) >= 11 is 6.15. The van der Waals surface area contributed by atoms with Crippen LogP contribution in [0, 0.1) is 5.41 Å². The largest absolute Gasteiger partial charge is 0.496 e. The Morgan fingerprint density at radius 2 is 1.88 bits per heavy atom. The second kappa shape index (κ2) is 10.5. The molecular formula is C26H31ClN2O4. The highest BCUT2D eigenvalue weighted by atomic mass is 35.5. The van der Waals surface area contributed by atoms with Crippen LogP contribution in [0.5, 0.6) is 11.5 Å². The van der Waals surface area contributed by atoms with Gasteiger partial charge in [-0.05, 0) is 61.4 Å². The van der Waals surface area contributed by atoms with Crippen molar-refractivity contribution in [2.45, 2.75) is 38.5 Å². The second-order valence-corrected chi connectivity index (χ2v) is 9.41. The molecule has 1 spiro atoms. The molecule has 2 amide bonds. The summed E-state index contributed by atoms with van der Waals surface area (Å²) in [5.74, 6) is 1.00. The summed E-state index contributed by atoms with van der Waals surface area (Å²) in [7, 11) is 1.58. The van der Waals surface area contributed by atoms with Crippen molar-refractivity contribution in [3.05, 3.63) is 58.6 Å². The van der Waals surface area contributed by atoms with Gasteiger partial charge in [-0.25, -0.2) is 0 Å². The maximum Gasteiger partial charge on any atom is 0.257 e. The summed E-state index contributed by atoms with van der Waals surface area (Å²) in [6.07, 6.45) is 5.82. The fourth-order valence-electron chi connectivity index (χ4n) is 4.82. The Morgan fingerprint density at radius 3 is 2.67 bits per heavy atom. The minimum absolute atomic E-state index is 0.000192. The molecule has 2 aliphatic heterocycles. The number of nitrogens with zero attached hydrogens (tertiary/aromatic N) is 1. The van der Waals surface area contributed by atoms with Gasteiger partial charge in [0.15, 0.2) is 0 Å². The molecule has 33 heavy (non-hydrogen) atoms. The highest BCUT2D eigenvalue weighted by Crippen LogP contribution is 2.38. The number of rotatable bonds is 2. The maximum absolute atomic E-state index is 13.1. The van der Waals surface area contributed by atoms with Gasteiger partial charge in [-0.3, -0.25) is 9.59 Å². The van der Waals surface area contributed by atoms with Crippen molar-refractivity contribution in [1.82, 2.24) is 10.2 Å². The van der Waals surface area contributed by atoms with Crippen LogP contribution >= 0.6 is 11.6 Å². The molecule has 0 saturated carbocycles. The van der Waals surface area contributed by atoms with Crippen LogP contribution in [-0.2, 0) is 0 Å². The average Bonchev–Trinajstić information content (AvgIpc) is 2.84. The molecule has 4 rings (SSSR count). The molecule has 0 unspecified atom stereocenters. The zero-order chi connectivity index (χ0) is 23.3. The van der Waals surface area contributed by atoms with Crippen molar-refractivity contribution in [2.75, 3.05) is 33.4 Å². The fourth-order valence-corrected chi connectivity index (χ4v) is 4.99. The van der Waals surface area contributed by atoms with E-state index in [1.165, 1.54) is 0 Å². The molecule has 0 atom stereocenters. The Kier molecular flexibility index (Phi) is 7.43. The van der Waals surface area contributed by atoms with Gasteiger partial charge in [0.25, 0.3) is 11.8 Å². The van der Waals surface area contributed by atoms with E-state index in [0.717, 1.165) is 38.5 Å². The molecule has 6 nitrogen and oxygen atoms in total. The topological polar surface area (TPSA) is 67.9 Å². The van der Waals surface area contributed by atoms with Gasteiger partial charge < -0.3 is 19.7 Å². The van der Waals surface area contributed by atoms with Crippen LogP contribution in [0.25, 0.3) is 0 Å². The lowest BCUT2D eigenvalue weighted by atomic mass is 9.74. The number of carbonyl (C=O) groups is 2. The Labute approximate surface area is 200 Å². The monoisotopic (exact) mass is 470 g/mol. The minimum Gasteiger partial charge on any atom is -0.496 e. The number of nitrogens with one attached hydrogen (secondary N) is 1. The van der Waals surface area contributed by atoms with E-state index in [2.05, 4.69) is 5.32 Å². The number of fused-ring (bicyclic) bond motifs is 1. The average molecular weight is 471 g/mol. The molecule has 176 valence electrons. The molecule has 7 heteroatoms. The first-order valence-corrected chi connectivity index (χ1v) is 12.0. The van der Waals surface area contributed by atoms with Gasteiger partial charge in [0.05, 0.1) is 24.8 Å². The summed E-state index contributed by atoms with van der Waals surface area (Å²) in [4.78, 5) is 28.0. The van der Waals surface area contributed by atoms with Crippen LogP contribution in [-0.4, -0.2) is 50.1 Å². The highest BCUT2D eigenvalue weighted by Gasteiger charge is 2.36. The van der Waals surface area contributed by atoms with E-state index in [1.807, 2.05) is 29.2 Å². The summed E-state index contributed by atoms with van der Waals surface area (Å²) in [5.41, 5.74) is 1.05. The van der Waals surface area contributed by atoms with Gasteiger partial charge in [0, 0.05) is 24.7 Å². The van der Waals surface area contributed by atoms with Crippen molar-refractivity contribution in [3.8, 4) is 11.5 Å². The van der Waals surface area contributed by atoms with Crippen LogP contribution in [0.3, 0.4) is 0 Å². The molecular weight excluding hydrogens is 440 g/mol. The predicted molar refractivity (Wildman–Crippen MR) is 128 cm³/mol. The Morgan fingerprint density at radius 1 is 1.09 bits per heavy atom. The van der Waals surface area contributed by atoms with E-state index in [9.17, 15) is 9.59 Å². The van der Waals surface area contributed by atoms with Gasteiger partial charge in [-0.15, -0.1) is 0 Å². The number of amides is 2. The lowest BCUT2D eigenvalue weighted by molar-refractivity contribution is 0.0531. The van der Waals surface area contributed by atoms with Gasteiger partial charge in [-0.1, -0.05) is 36.6 Å². The third kappa shape index (κ3) is 5.44. The Balaban J connectivity index is 1.47. The van der Waals surface area contributed by atoms with E-state index in [4.69, 9.17) is 21.1 Å². The molecule has 0 radical (unpaired) electrons. The Hall–Kier alpha value is -2.73. The first-order chi connectivity index (χ1) is 16.0. The fraction of sp³-hybridized carbons (Fsp3) is 0.462. The normalized spacial score (nSPS) is 18.8. The second-order valence-electron chi connectivity index (χ2n) is 8.97. The smallest absolute Gasteiger partial charge is 0.257 e. The molecule has 1 N–H and O–H groups in total. The number of carbonyl (C=O) groups excluding carboxylic acids is 2. The van der Waals surface area contributed by atoms with Crippen molar-refractivity contribution >= 4 is 23.4 Å². The minimum atomic E-state index is -0.167. The van der Waals surface area contributed by atoms with Crippen molar-refractivity contribution in [2.24, 2.45) is 5.41 Å². The lowest BCUT2D eigenvalue weighted by Crippen LogP contribution is -2.48. The zero-order valence-electron chi connectivity index (χ0n) is 19.1. The Bertz CT molecular complexity index is 1000. The number of methoxy groups -OCH3 is 1. The van der Waals surface area contributed by atoms with E-state index >= 15 is 0 Å². The number of benzene rings is 2. The van der Waals surface area contributed by atoms with Crippen LogP contribution in [0.4, 0.5) is 0 Å². The van der Waals surface area contributed by atoms with E-state index in [1.54, 1.807) is 25.3 Å². The van der Waals surface area contributed by atoms with Gasteiger partial charge >= 0.3 is 0 Å². The summed E-state index contributed by atoms with van der Waals surface area (Å²) < 4.78 is 11.2. The number of piperidine rings is 1. The molecule has 0 bridgehead atoms. The first-order valence-electron chi connectivity index (χ1n) is 11.6. The first kappa shape index (κ1) is 23.4. The highest BCUT2D eigenvalue weighted by molar-refractivity contribution is 6.31. The van der Waals surface area contributed by atoms with Gasteiger partial charge in [0.2, 0.25) is 0 Å². The van der Waals surface area contributed by atoms with Crippen LogP contribution in [0.15, 0.2) is 42.5 Å². The molecule has 2 aliphatic rings. The van der Waals surface area contributed by atoms with E-state index < -0.39 is 0 Å². The summed E-state index contributed by atoms with van der Waals surface area (Å²) in [5, 5.41) is 3.65. The number of para-hydroxylation sites is 1. The van der Waals surface area contributed by atoms with Gasteiger partial charge in [-0.2, -0.15) is 0 Å². The van der Waals surface area contributed by atoms with Crippen LogP contribution < -0.4 is 14.8 Å². The predicted octanol–water partition coefficient (Wildman–Crippen LogP) is 4.95. The third-order valence-corrected chi connectivity index (χ3v) is 7.10. The van der Waals surface area contributed by atoms with Crippen molar-refractivity contribution in [3.63, 3.8) is 0 Å². The summed E-state index contributed by atoms with van der Waals surface area (Å²) in [6.45, 7) is 2.49. The molecule has 1 fully saturated rings. The molecule has 2 aromatic carbocycles. The quantitative estimate of drug-likeness (QED) is 0.674. The van der Waals surface area contributed by atoms with Crippen LogP contribution in [0.1, 0.15) is 59.2 Å². The number of ether oxygens (including phenoxy) is 2. The zero-order valence-corrected chi connectivity index (χ0v) is 19.8. The molecule has 2 heterocycles. The number of hydrogen-bond donors (Lipinski definition) is 1. The number of hydrogen-bond acceptors (Lipinski definition) is 4. The third-order valence-electron chi connectivity index (χ3n) is 6.87. The van der Waals surface area contributed by atoms with Crippen LogP contribution in [0.2, 0.25) is 5.02 Å². The maximum atomic E-state index is 13.1. The molecule has 0 aromatic heterocycles. The standard InChI is InChI=1S/C26H31ClN2O4/c1-32-22-8-4-3-7-20(22)25(31)29-14-12-26(13-15-29)11-5-2-6-16-33-23-10-9-19(27)17-21(23)24(30)28-18-26/h3-4,7-10,17H,2,5-6,11-16,18H2,1H3,(H,28,30). The van der Waals surface area contributed by atoms with E-state index in [-0.39, 0.29) is 17.2 Å². The van der Waals surface area contributed by atoms with Crippen molar-refractivity contribution < 1.29 is 19.1 Å². The van der Waals surface area contributed by atoms with Gasteiger partial charge in [0.1, 0.15) is 11.5 Å². The SMILES string of the molecule is COc1ccccc1C(=O)N1CCC2(CCCCCOc3ccc(Cl)cc3C(=O)NC2)CC1.